The van der Waals surface area contributed by atoms with E-state index < -0.39 is 16.1 Å². The Bertz CT molecular complexity index is 978. The molecule has 2 N–H and O–H groups in total. The molecule has 0 aliphatic heterocycles. The highest BCUT2D eigenvalue weighted by atomic mass is 79.9. The molecule has 0 saturated carbocycles. The molecule has 2 aromatic carbocycles. The second-order valence-corrected chi connectivity index (χ2v) is 10.7. The topological polar surface area (TPSA) is 66.4 Å². The lowest BCUT2D eigenvalue weighted by Gasteiger charge is -2.13. The number of fused-ring (bicyclic) bond motifs is 1. The number of thiophene rings is 1. The third kappa shape index (κ3) is 4.35. The second kappa shape index (κ2) is 7.75. The summed E-state index contributed by atoms with van der Waals surface area (Å²) < 4.78 is 30.3. The van der Waals surface area contributed by atoms with Crippen LogP contribution in [0.1, 0.15) is 11.0 Å². The average molecular weight is 570 g/mol. The van der Waals surface area contributed by atoms with Crippen LogP contribution in [-0.4, -0.2) is 20.1 Å². The summed E-state index contributed by atoms with van der Waals surface area (Å²) in [5.74, 6) is 0. The predicted molar refractivity (Wildman–Crippen MR) is 112 cm³/mol. The fraction of sp³-hybridized carbons (Fsp3) is 0.125. The van der Waals surface area contributed by atoms with Gasteiger partial charge in [0.25, 0.3) is 0 Å². The molecule has 3 aromatic rings. The normalized spacial score (nSPS) is 13.3. The summed E-state index contributed by atoms with van der Waals surface area (Å²) in [7, 11) is -3.79. The molecule has 0 spiro atoms. The molecule has 4 nitrogen and oxygen atoms in total. The lowest BCUT2D eigenvalue weighted by Crippen LogP contribution is -2.28. The Morgan fingerprint density at radius 1 is 1.08 bits per heavy atom. The van der Waals surface area contributed by atoms with Crippen LogP contribution in [0, 0.1) is 0 Å². The van der Waals surface area contributed by atoms with E-state index in [1.165, 1.54) is 11.3 Å². The van der Waals surface area contributed by atoms with Gasteiger partial charge in [-0.25, -0.2) is 13.1 Å². The van der Waals surface area contributed by atoms with E-state index in [2.05, 4.69) is 52.5 Å². The highest BCUT2D eigenvalue weighted by Crippen LogP contribution is 2.34. The van der Waals surface area contributed by atoms with Gasteiger partial charge in [-0.3, -0.25) is 0 Å². The van der Waals surface area contributed by atoms with Crippen LogP contribution in [0.25, 0.3) is 10.1 Å². The minimum atomic E-state index is -3.79. The smallest absolute Gasteiger partial charge is 0.242 e. The molecule has 132 valence electrons. The van der Waals surface area contributed by atoms with Gasteiger partial charge in [0.15, 0.2) is 0 Å². The number of aliphatic hydroxyl groups is 1. The molecule has 1 aromatic heterocycles. The molecule has 1 heterocycles. The van der Waals surface area contributed by atoms with Crippen molar-refractivity contribution in [1.82, 2.24) is 4.72 Å². The first-order valence-corrected chi connectivity index (χ1v) is 11.8. The molecule has 9 heteroatoms. The molecule has 0 bridgehead atoms. The molecule has 3 rings (SSSR count). The first-order valence-electron chi connectivity index (χ1n) is 7.08. The first kappa shape index (κ1) is 19.5. The van der Waals surface area contributed by atoms with Gasteiger partial charge in [0.2, 0.25) is 10.0 Å². The molecule has 0 radical (unpaired) electrons. The monoisotopic (exact) mass is 567 g/mol. The van der Waals surface area contributed by atoms with E-state index >= 15 is 0 Å². The maximum Gasteiger partial charge on any atom is 0.242 e. The molecular formula is C16H12Br3NO3S2. The third-order valence-electron chi connectivity index (χ3n) is 3.47. The standard InChI is InChI=1S/C16H12Br3NO3S2/c17-10-6-11(18)16(12(19)7-10)25(22,23)20-8-13(21)15-5-9-3-1-2-4-14(9)24-15/h1-7,13,20-21H,8H2. The number of rotatable bonds is 5. The van der Waals surface area contributed by atoms with E-state index in [4.69, 9.17) is 0 Å². The Morgan fingerprint density at radius 3 is 2.36 bits per heavy atom. The van der Waals surface area contributed by atoms with Crippen molar-refractivity contribution in [2.75, 3.05) is 6.54 Å². The van der Waals surface area contributed by atoms with Gasteiger partial charge in [0.05, 0.1) is 0 Å². The summed E-state index contributed by atoms with van der Waals surface area (Å²) in [5, 5.41) is 11.4. The van der Waals surface area contributed by atoms with Gasteiger partial charge in [-0.1, -0.05) is 34.1 Å². The number of halogens is 3. The number of benzene rings is 2. The number of sulfonamides is 1. The highest BCUT2D eigenvalue weighted by molar-refractivity contribution is 9.11. The van der Waals surface area contributed by atoms with Gasteiger partial charge in [-0.15, -0.1) is 11.3 Å². The lowest BCUT2D eigenvalue weighted by atomic mass is 10.2. The zero-order valence-electron chi connectivity index (χ0n) is 12.5. The molecular weight excluding hydrogens is 558 g/mol. The van der Waals surface area contributed by atoms with Crippen LogP contribution in [-0.2, 0) is 10.0 Å². The first-order chi connectivity index (χ1) is 11.8. The van der Waals surface area contributed by atoms with Crippen molar-refractivity contribution < 1.29 is 13.5 Å². The summed E-state index contributed by atoms with van der Waals surface area (Å²) >= 11 is 11.3. The minimum Gasteiger partial charge on any atom is -0.386 e. The van der Waals surface area contributed by atoms with Crippen LogP contribution < -0.4 is 4.72 Å². The Hall–Kier alpha value is -0.290. The summed E-state index contributed by atoms with van der Waals surface area (Å²) in [6, 6.07) is 13.0. The number of hydrogen-bond donors (Lipinski definition) is 2. The SMILES string of the molecule is O=S(=O)(NCC(O)c1cc2ccccc2s1)c1c(Br)cc(Br)cc1Br. The van der Waals surface area contributed by atoms with Gasteiger partial charge in [0.1, 0.15) is 11.0 Å². The molecule has 1 atom stereocenters. The molecule has 0 amide bonds. The number of hydrogen-bond acceptors (Lipinski definition) is 4. The maximum absolute atomic E-state index is 12.6. The molecule has 0 saturated heterocycles. The van der Waals surface area contributed by atoms with Crippen molar-refractivity contribution in [2.45, 2.75) is 11.0 Å². The van der Waals surface area contributed by atoms with Crippen LogP contribution in [0.5, 0.6) is 0 Å². The van der Waals surface area contributed by atoms with Gasteiger partial charge < -0.3 is 5.11 Å². The van der Waals surface area contributed by atoms with E-state index in [0.29, 0.717) is 8.95 Å². The number of aliphatic hydroxyl groups excluding tert-OH is 1. The Labute approximate surface area is 174 Å². The van der Waals surface area contributed by atoms with E-state index in [1.807, 2.05) is 30.3 Å². The molecule has 0 aliphatic rings. The third-order valence-corrected chi connectivity index (χ3v) is 8.45. The van der Waals surface area contributed by atoms with E-state index in [9.17, 15) is 13.5 Å². The second-order valence-electron chi connectivity index (χ2n) is 5.25. The quantitative estimate of drug-likeness (QED) is 0.444. The van der Waals surface area contributed by atoms with Crippen molar-refractivity contribution in [3.63, 3.8) is 0 Å². The Kier molecular flexibility index (Phi) is 6.04. The Morgan fingerprint density at radius 2 is 1.72 bits per heavy atom. The van der Waals surface area contributed by atoms with E-state index in [1.54, 1.807) is 12.1 Å². The van der Waals surface area contributed by atoms with Crippen LogP contribution in [0.3, 0.4) is 0 Å². The van der Waals surface area contributed by atoms with Crippen molar-refractivity contribution in [1.29, 1.82) is 0 Å². The van der Waals surface area contributed by atoms with Crippen LogP contribution in [0.15, 0.2) is 60.8 Å². The fourth-order valence-corrected chi connectivity index (χ4v) is 8.05. The Balaban J connectivity index is 1.80. The van der Waals surface area contributed by atoms with Crippen LogP contribution in [0.2, 0.25) is 0 Å². The van der Waals surface area contributed by atoms with Crippen molar-refractivity contribution in [3.05, 3.63) is 60.8 Å². The van der Waals surface area contributed by atoms with E-state index in [0.717, 1.165) is 19.4 Å². The average Bonchev–Trinajstić information content (AvgIpc) is 2.95. The molecule has 0 aliphatic carbocycles. The predicted octanol–water partition coefficient (Wildman–Crippen LogP) is 5.20. The highest BCUT2D eigenvalue weighted by Gasteiger charge is 2.23. The molecule has 1 unspecified atom stereocenters. The zero-order chi connectivity index (χ0) is 18.2. The molecule has 25 heavy (non-hydrogen) atoms. The minimum absolute atomic E-state index is 0.0965. The fourth-order valence-electron chi connectivity index (χ4n) is 2.31. The van der Waals surface area contributed by atoms with Gasteiger partial charge in [-0.05, 0) is 61.5 Å². The summed E-state index contributed by atoms with van der Waals surface area (Å²) in [6.07, 6.45) is -0.917. The zero-order valence-corrected chi connectivity index (χ0v) is 18.9. The maximum atomic E-state index is 12.6. The van der Waals surface area contributed by atoms with Crippen molar-refractivity contribution >= 4 is 79.2 Å². The van der Waals surface area contributed by atoms with Crippen molar-refractivity contribution in [2.24, 2.45) is 0 Å². The van der Waals surface area contributed by atoms with Gasteiger partial charge >= 0.3 is 0 Å². The van der Waals surface area contributed by atoms with E-state index in [-0.39, 0.29) is 11.4 Å². The lowest BCUT2D eigenvalue weighted by molar-refractivity contribution is 0.186. The van der Waals surface area contributed by atoms with Crippen LogP contribution >= 0.6 is 59.1 Å². The summed E-state index contributed by atoms with van der Waals surface area (Å²) in [4.78, 5) is 0.817. The van der Waals surface area contributed by atoms with Gasteiger partial charge in [-0.2, -0.15) is 0 Å². The number of nitrogens with one attached hydrogen (secondary N) is 1. The van der Waals surface area contributed by atoms with Crippen molar-refractivity contribution in [3.8, 4) is 0 Å². The summed E-state index contributed by atoms with van der Waals surface area (Å²) in [6.45, 7) is -0.107. The molecule has 0 fully saturated rings. The van der Waals surface area contributed by atoms with Gasteiger partial charge in [0, 0.05) is 29.5 Å². The largest absolute Gasteiger partial charge is 0.386 e. The summed E-state index contributed by atoms with van der Waals surface area (Å²) in [5.41, 5.74) is 0. The van der Waals surface area contributed by atoms with Crippen LogP contribution in [0.4, 0.5) is 0 Å².